The number of ether oxygens (including phenoxy) is 2. The topological polar surface area (TPSA) is 30.5 Å². The van der Waals surface area contributed by atoms with Crippen LogP contribution in [0.2, 0.25) is 0 Å². The molecule has 0 radical (unpaired) electrons. The first kappa shape index (κ1) is 14.2. The minimum atomic E-state index is 0.425. The van der Waals surface area contributed by atoms with Crippen LogP contribution in [0.5, 0.6) is 5.75 Å². The second-order valence-electron chi connectivity index (χ2n) is 4.32. The highest BCUT2D eigenvalue weighted by atomic mass is 79.9. The van der Waals surface area contributed by atoms with Gasteiger partial charge in [-0.2, -0.15) is 0 Å². The van der Waals surface area contributed by atoms with Crippen molar-refractivity contribution >= 4 is 37.5 Å². The van der Waals surface area contributed by atoms with Gasteiger partial charge in [-0.15, -0.1) is 0 Å². The van der Waals surface area contributed by atoms with E-state index < -0.39 is 0 Å². The van der Waals surface area contributed by atoms with E-state index in [1.807, 2.05) is 12.1 Å². The number of hydrogen-bond donors (Lipinski definition) is 1. The molecule has 1 N–H and O–H groups in total. The molecule has 5 heteroatoms. The third-order valence-corrected chi connectivity index (χ3v) is 4.32. The second-order valence-corrected chi connectivity index (χ2v) is 6.03. The van der Waals surface area contributed by atoms with E-state index in [0.29, 0.717) is 6.10 Å². The first-order chi connectivity index (χ1) is 8.70. The molecule has 1 aromatic carbocycles. The van der Waals surface area contributed by atoms with Gasteiger partial charge in [0.2, 0.25) is 0 Å². The lowest BCUT2D eigenvalue weighted by Crippen LogP contribution is -2.12. The largest absolute Gasteiger partial charge is 0.495 e. The molecule has 1 aromatic rings. The fourth-order valence-electron chi connectivity index (χ4n) is 2.06. The Hall–Kier alpha value is -0.260. The highest BCUT2D eigenvalue weighted by molar-refractivity contribution is 9.11. The van der Waals surface area contributed by atoms with Crippen molar-refractivity contribution in [2.45, 2.75) is 25.4 Å². The number of anilines is 1. The Balaban J connectivity index is 1.91. The maximum atomic E-state index is 5.60. The van der Waals surface area contributed by atoms with Gasteiger partial charge in [0.05, 0.1) is 23.4 Å². The van der Waals surface area contributed by atoms with Gasteiger partial charge < -0.3 is 14.8 Å². The molecule has 100 valence electrons. The van der Waals surface area contributed by atoms with Gasteiger partial charge in [-0.25, -0.2) is 0 Å². The minimum absolute atomic E-state index is 0.425. The van der Waals surface area contributed by atoms with Crippen LogP contribution < -0.4 is 10.1 Å². The molecule has 0 aliphatic carbocycles. The van der Waals surface area contributed by atoms with E-state index in [2.05, 4.69) is 37.2 Å². The quantitative estimate of drug-likeness (QED) is 0.832. The van der Waals surface area contributed by atoms with Crippen molar-refractivity contribution in [1.29, 1.82) is 0 Å². The Morgan fingerprint density at radius 3 is 2.89 bits per heavy atom. The van der Waals surface area contributed by atoms with Crippen LogP contribution in [0.3, 0.4) is 0 Å². The molecule has 1 fully saturated rings. The third kappa shape index (κ3) is 3.62. The van der Waals surface area contributed by atoms with Crippen molar-refractivity contribution in [2.24, 2.45) is 0 Å². The number of nitrogens with one attached hydrogen (secondary N) is 1. The van der Waals surface area contributed by atoms with Gasteiger partial charge in [0, 0.05) is 23.7 Å². The Kier molecular flexibility index (Phi) is 5.33. The molecule has 0 saturated carbocycles. The maximum Gasteiger partial charge on any atom is 0.135 e. The number of halogens is 2. The average Bonchev–Trinajstić information content (AvgIpc) is 2.85. The normalized spacial score (nSPS) is 18.9. The summed E-state index contributed by atoms with van der Waals surface area (Å²) in [5.74, 6) is 0.831. The van der Waals surface area contributed by atoms with Crippen molar-refractivity contribution < 1.29 is 9.47 Å². The minimum Gasteiger partial charge on any atom is -0.495 e. The van der Waals surface area contributed by atoms with Crippen molar-refractivity contribution in [1.82, 2.24) is 0 Å². The molecular formula is C13H17Br2NO2. The van der Waals surface area contributed by atoms with Crippen LogP contribution >= 0.6 is 31.9 Å². The zero-order valence-electron chi connectivity index (χ0n) is 10.3. The van der Waals surface area contributed by atoms with Crippen LogP contribution in [-0.2, 0) is 4.74 Å². The van der Waals surface area contributed by atoms with E-state index in [1.165, 1.54) is 12.8 Å². The predicted octanol–water partition coefficient (Wildman–Crippen LogP) is 4.20. The number of benzene rings is 1. The molecule has 0 spiro atoms. The molecule has 1 saturated heterocycles. The van der Waals surface area contributed by atoms with Crippen LogP contribution in [0.25, 0.3) is 0 Å². The van der Waals surface area contributed by atoms with Crippen LogP contribution in [-0.4, -0.2) is 26.4 Å². The average molecular weight is 379 g/mol. The molecule has 1 unspecified atom stereocenters. The van der Waals surface area contributed by atoms with Gasteiger partial charge in [-0.1, -0.05) is 0 Å². The molecule has 1 aliphatic rings. The van der Waals surface area contributed by atoms with Crippen molar-refractivity contribution in [3.63, 3.8) is 0 Å². The first-order valence-corrected chi connectivity index (χ1v) is 7.68. The Labute approximate surface area is 124 Å². The monoisotopic (exact) mass is 377 g/mol. The van der Waals surface area contributed by atoms with Crippen molar-refractivity contribution in [3.8, 4) is 5.75 Å². The molecule has 18 heavy (non-hydrogen) atoms. The Bertz CT molecular complexity index is 406. The van der Waals surface area contributed by atoms with Gasteiger partial charge in [-0.3, -0.25) is 0 Å². The number of hydrogen-bond acceptors (Lipinski definition) is 3. The molecule has 3 nitrogen and oxygen atoms in total. The summed E-state index contributed by atoms with van der Waals surface area (Å²) in [6.45, 7) is 1.83. The van der Waals surface area contributed by atoms with E-state index >= 15 is 0 Å². The Morgan fingerprint density at radius 2 is 2.22 bits per heavy atom. The van der Waals surface area contributed by atoms with Gasteiger partial charge in [-0.05, 0) is 57.2 Å². The standard InChI is InChI=1S/C13H17Br2NO2/c1-17-13-8-12(10(14)7-11(13)15)16-5-4-9-3-2-6-18-9/h7-9,16H,2-6H2,1H3. The van der Waals surface area contributed by atoms with Gasteiger partial charge >= 0.3 is 0 Å². The summed E-state index contributed by atoms with van der Waals surface area (Å²) in [6, 6.07) is 3.98. The molecule has 1 aliphatic heterocycles. The van der Waals surface area contributed by atoms with Gasteiger partial charge in [0.15, 0.2) is 0 Å². The summed E-state index contributed by atoms with van der Waals surface area (Å²) in [5, 5.41) is 3.41. The Morgan fingerprint density at radius 1 is 1.39 bits per heavy atom. The number of rotatable bonds is 5. The van der Waals surface area contributed by atoms with Crippen LogP contribution in [0, 0.1) is 0 Å². The van der Waals surface area contributed by atoms with E-state index in [9.17, 15) is 0 Å². The van der Waals surface area contributed by atoms with Crippen molar-refractivity contribution in [2.75, 3.05) is 25.6 Å². The molecule has 0 aromatic heterocycles. The lowest BCUT2D eigenvalue weighted by Gasteiger charge is -2.14. The van der Waals surface area contributed by atoms with Crippen LogP contribution in [0.1, 0.15) is 19.3 Å². The lowest BCUT2D eigenvalue weighted by atomic mass is 10.2. The summed E-state index contributed by atoms with van der Waals surface area (Å²) >= 11 is 7.01. The highest BCUT2D eigenvalue weighted by Crippen LogP contribution is 2.34. The summed E-state index contributed by atoms with van der Waals surface area (Å²) in [7, 11) is 1.67. The van der Waals surface area contributed by atoms with E-state index in [0.717, 1.165) is 40.0 Å². The van der Waals surface area contributed by atoms with E-state index in [-0.39, 0.29) is 0 Å². The number of methoxy groups -OCH3 is 1. The lowest BCUT2D eigenvalue weighted by molar-refractivity contribution is 0.107. The molecule has 0 amide bonds. The molecule has 1 heterocycles. The summed E-state index contributed by atoms with van der Waals surface area (Å²) < 4.78 is 12.9. The fraction of sp³-hybridized carbons (Fsp3) is 0.538. The van der Waals surface area contributed by atoms with Crippen LogP contribution in [0.4, 0.5) is 5.69 Å². The summed E-state index contributed by atoms with van der Waals surface area (Å²) in [5.41, 5.74) is 1.05. The maximum absolute atomic E-state index is 5.60. The fourth-order valence-corrected chi connectivity index (χ4v) is 3.36. The molecule has 0 bridgehead atoms. The highest BCUT2D eigenvalue weighted by Gasteiger charge is 2.15. The van der Waals surface area contributed by atoms with Gasteiger partial charge in [0.1, 0.15) is 5.75 Å². The van der Waals surface area contributed by atoms with Crippen LogP contribution in [0.15, 0.2) is 21.1 Å². The summed E-state index contributed by atoms with van der Waals surface area (Å²) in [6.07, 6.45) is 3.85. The zero-order chi connectivity index (χ0) is 13.0. The van der Waals surface area contributed by atoms with Gasteiger partial charge in [0.25, 0.3) is 0 Å². The third-order valence-electron chi connectivity index (χ3n) is 3.05. The van der Waals surface area contributed by atoms with E-state index in [4.69, 9.17) is 9.47 Å². The van der Waals surface area contributed by atoms with E-state index in [1.54, 1.807) is 7.11 Å². The zero-order valence-corrected chi connectivity index (χ0v) is 13.5. The SMILES string of the molecule is COc1cc(NCCC2CCCO2)c(Br)cc1Br. The second kappa shape index (κ2) is 6.78. The molecule has 1 atom stereocenters. The molecule has 2 rings (SSSR count). The summed E-state index contributed by atoms with van der Waals surface area (Å²) in [4.78, 5) is 0. The predicted molar refractivity (Wildman–Crippen MR) is 80.5 cm³/mol. The van der Waals surface area contributed by atoms with Crippen molar-refractivity contribution in [3.05, 3.63) is 21.1 Å². The first-order valence-electron chi connectivity index (χ1n) is 6.09. The smallest absolute Gasteiger partial charge is 0.135 e. The molecular weight excluding hydrogens is 362 g/mol.